The molecule has 0 aromatic heterocycles. The summed E-state index contributed by atoms with van der Waals surface area (Å²) in [5.41, 5.74) is 0. The average molecular weight is 773 g/mol. The molecule has 0 aromatic rings. The van der Waals surface area contributed by atoms with Crippen molar-refractivity contribution in [3.05, 3.63) is 0 Å². The van der Waals surface area contributed by atoms with Crippen molar-refractivity contribution < 1.29 is 52.6 Å². The van der Waals surface area contributed by atoms with Gasteiger partial charge in [0, 0.05) is 34.0 Å². The van der Waals surface area contributed by atoms with Crippen LogP contribution in [0.15, 0.2) is 0 Å². The van der Waals surface area contributed by atoms with Crippen molar-refractivity contribution in [2.24, 2.45) is 0 Å². The fourth-order valence-corrected chi connectivity index (χ4v) is 6.94. The second kappa shape index (κ2) is 34.5. The Bertz CT molecular complexity index is 916. The van der Waals surface area contributed by atoms with E-state index in [2.05, 4.69) is 13.8 Å². The van der Waals surface area contributed by atoms with Crippen LogP contribution >= 0.6 is 0 Å². The quantitative estimate of drug-likeness (QED) is 0.0371. The van der Waals surface area contributed by atoms with Crippen molar-refractivity contribution in [1.29, 1.82) is 0 Å². The third-order valence-electron chi connectivity index (χ3n) is 9.92. The molecule has 54 heavy (non-hydrogen) atoms. The summed E-state index contributed by atoms with van der Waals surface area (Å²) < 4.78 is 40.8. The molecular formula is C43H80O11. The van der Waals surface area contributed by atoms with Gasteiger partial charge in [-0.25, -0.2) is 0 Å². The molecule has 1 N–H and O–H groups in total. The summed E-state index contributed by atoms with van der Waals surface area (Å²) in [6.07, 6.45) is 23.9. The molecule has 0 unspecified atom stereocenters. The molecule has 11 heteroatoms. The molecule has 0 radical (unpaired) electrons. The highest BCUT2D eigenvalue weighted by Crippen LogP contribution is 2.30. The molecule has 1 rings (SSSR count). The summed E-state index contributed by atoms with van der Waals surface area (Å²) in [5, 5.41) is 10.1. The molecule has 6 atom stereocenters. The fourth-order valence-electron chi connectivity index (χ4n) is 6.94. The van der Waals surface area contributed by atoms with Gasteiger partial charge in [-0.3, -0.25) is 14.4 Å². The molecule has 1 heterocycles. The van der Waals surface area contributed by atoms with Gasteiger partial charge in [0.25, 0.3) is 0 Å². The van der Waals surface area contributed by atoms with Crippen LogP contribution < -0.4 is 0 Å². The van der Waals surface area contributed by atoms with E-state index < -0.39 is 61.3 Å². The van der Waals surface area contributed by atoms with Crippen molar-refractivity contribution in [3.63, 3.8) is 0 Å². The lowest BCUT2D eigenvalue weighted by Gasteiger charge is -2.44. The zero-order valence-corrected chi connectivity index (χ0v) is 35.0. The molecule has 1 saturated heterocycles. The van der Waals surface area contributed by atoms with Crippen LogP contribution in [0.5, 0.6) is 0 Å². The maximum Gasteiger partial charge on any atom is 0.303 e. The van der Waals surface area contributed by atoms with Gasteiger partial charge in [0.05, 0.1) is 19.8 Å². The van der Waals surface area contributed by atoms with Crippen LogP contribution in [0.3, 0.4) is 0 Å². The number of esters is 3. The topological polar surface area (TPSA) is 136 Å². The largest absolute Gasteiger partial charge is 0.456 e. The SMILES string of the molecule is CCCCCCCCCCCCCCOC[C@H](CO[C@H]1O[C@H](CO)[C@H](OC(C)=O)[C@H](OC(C)=O)[C@H]1OC(C)=O)OCCCCCCCCCCCCCC. The molecule has 1 aliphatic rings. The Labute approximate surface area is 328 Å². The Balaban J connectivity index is 2.66. The second-order valence-electron chi connectivity index (χ2n) is 15.1. The van der Waals surface area contributed by atoms with E-state index in [0.717, 1.165) is 25.7 Å². The van der Waals surface area contributed by atoms with Gasteiger partial charge in [0.15, 0.2) is 24.6 Å². The summed E-state index contributed by atoms with van der Waals surface area (Å²) in [5.74, 6) is -2.01. The standard InChI is InChI=1S/C43H80O11/c1-6-8-10-12-14-16-18-20-22-24-26-28-30-48-33-38(49-31-29-27-25-23-21-19-17-15-13-11-9-7-2)34-50-43-42(53-37(5)47)41(52-36(4)46)40(51-35(3)45)39(32-44)54-43/h38-44H,6-34H2,1-5H3/t38-,39-,40+,41+,42-,43+/m1/s1. The van der Waals surface area contributed by atoms with Crippen LogP contribution in [0.25, 0.3) is 0 Å². The molecule has 1 fully saturated rings. The van der Waals surface area contributed by atoms with Crippen LogP contribution in [0.4, 0.5) is 0 Å². The van der Waals surface area contributed by atoms with Crippen molar-refractivity contribution in [2.45, 2.75) is 226 Å². The maximum atomic E-state index is 12.1. The Morgan fingerprint density at radius 1 is 0.519 bits per heavy atom. The smallest absolute Gasteiger partial charge is 0.303 e. The molecular weight excluding hydrogens is 692 g/mol. The predicted octanol–water partition coefficient (Wildman–Crippen LogP) is 9.32. The molecule has 0 spiro atoms. The summed E-state index contributed by atoms with van der Waals surface area (Å²) in [6, 6.07) is 0. The number of ether oxygens (including phenoxy) is 7. The summed E-state index contributed by atoms with van der Waals surface area (Å²) >= 11 is 0. The Hall–Kier alpha value is -1.79. The molecule has 1 aliphatic heterocycles. The zero-order chi connectivity index (χ0) is 39.7. The average Bonchev–Trinajstić information content (AvgIpc) is 3.13. The highest BCUT2D eigenvalue weighted by Gasteiger charge is 2.52. The van der Waals surface area contributed by atoms with Gasteiger partial charge in [-0.15, -0.1) is 0 Å². The van der Waals surface area contributed by atoms with Crippen molar-refractivity contribution in [2.75, 3.05) is 33.0 Å². The third kappa shape index (κ3) is 26.1. The van der Waals surface area contributed by atoms with Crippen molar-refractivity contribution in [3.8, 4) is 0 Å². The Morgan fingerprint density at radius 3 is 1.33 bits per heavy atom. The first-order chi connectivity index (χ1) is 26.2. The van der Waals surface area contributed by atoms with Gasteiger partial charge in [-0.2, -0.15) is 0 Å². The van der Waals surface area contributed by atoms with Crippen LogP contribution in [-0.2, 0) is 47.5 Å². The summed E-state index contributed by atoms with van der Waals surface area (Å²) in [6.45, 7) is 9.09. The minimum atomic E-state index is -1.26. The third-order valence-corrected chi connectivity index (χ3v) is 9.92. The molecule has 0 amide bonds. The van der Waals surface area contributed by atoms with E-state index in [-0.39, 0.29) is 6.61 Å². The first-order valence-electron chi connectivity index (χ1n) is 21.8. The lowest BCUT2D eigenvalue weighted by Crippen LogP contribution is -2.63. The van der Waals surface area contributed by atoms with Gasteiger partial charge in [0.2, 0.25) is 0 Å². The van der Waals surface area contributed by atoms with Gasteiger partial charge >= 0.3 is 17.9 Å². The molecule has 0 aliphatic carbocycles. The summed E-state index contributed by atoms with van der Waals surface area (Å²) in [4.78, 5) is 36.1. The van der Waals surface area contributed by atoms with Gasteiger partial charge in [-0.05, 0) is 12.8 Å². The second-order valence-corrected chi connectivity index (χ2v) is 15.1. The molecule has 11 nitrogen and oxygen atoms in total. The van der Waals surface area contributed by atoms with E-state index in [1.807, 2.05) is 0 Å². The lowest BCUT2D eigenvalue weighted by atomic mass is 9.98. The zero-order valence-electron chi connectivity index (χ0n) is 35.0. The van der Waals surface area contributed by atoms with E-state index in [9.17, 15) is 19.5 Å². The van der Waals surface area contributed by atoms with Crippen LogP contribution in [0, 0.1) is 0 Å². The number of rotatable bonds is 36. The number of unbranched alkanes of at least 4 members (excludes halogenated alkanes) is 22. The van der Waals surface area contributed by atoms with Gasteiger partial charge in [0.1, 0.15) is 12.2 Å². The molecule has 318 valence electrons. The maximum absolute atomic E-state index is 12.1. The Morgan fingerprint density at radius 2 is 0.907 bits per heavy atom. The number of carbonyl (C=O) groups excluding carboxylic acids is 3. The highest BCUT2D eigenvalue weighted by atomic mass is 16.7. The van der Waals surface area contributed by atoms with Crippen LogP contribution in [0.1, 0.15) is 189 Å². The first-order valence-corrected chi connectivity index (χ1v) is 21.8. The van der Waals surface area contributed by atoms with Gasteiger partial charge < -0.3 is 38.3 Å². The number of aliphatic hydroxyl groups excluding tert-OH is 1. The highest BCUT2D eigenvalue weighted by molar-refractivity contribution is 5.68. The van der Waals surface area contributed by atoms with Crippen molar-refractivity contribution in [1.82, 2.24) is 0 Å². The number of hydrogen-bond donors (Lipinski definition) is 1. The van der Waals surface area contributed by atoms with E-state index in [0.29, 0.717) is 19.8 Å². The fraction of sp³-hybridized carbons (Fsp3) is 0.930. The Kier molecular flexibility index (Phi) is 32.1. The predicted molar refractivity (Wildman–Crippen MR) is 211 cm³/mol. The minimum Gasteiger partial charge on any atom is -0.456 e. The van der Waals surface area contributed by atoms with E-state index >= 15 is 0 Å². The molecule has 0 bridgehead atoms. The van der Waals surface area contributed by atoms with Crippen molar-refractivity contribution >= 4 is 17.9 Å². The van der Waals surface area contributed by atoms with E-state index in [4.69, 9.17) is 33.2 Å². The monoisotopic (exact) mass is 773 g/mol. The normalized spacial score (nSPS) is 20.4. The van der Waals surface area contributed by atoms with Crippen LogP contribution in [-0.4, -0.2) is 92.9 Å². The van der Waals surface area contributed by atoms with Gasteiger partial charge in [-0.1, -0.05) is 155 Å². The number of aliphatic hydroxyl groups is 1. The summed E-state index contributed by atoms with van der Waals surface area (Å²) in [7, 11) is 0. The van der Waals surface area contributed by atoms with E-state index in [1.54, 1.807) is 0 Å². The molecule has 0 aromatic carbocycles. The number of carbonyl (C=O) groups is 3. The minimum absolute atomic E-state index is 0.0440. The lowest BCUT2D eigenvalue weighted by molar-refractivity contribution is -0.311. The molecule has 0 saturated carbocycles. The number of hydrogen-bond acceptors (Lipinski definition) is 11. The van der Waals surface area contributed by atoms with E-state index in [1.165, 1.54) is 149 Å². The first kappa shape index (κ1) is 50.2. The van der Waals surface area contributed by atoms with Crippen LogP contribution in [0.2, 0.25) is 0 Å².